The molecule has 21 heavy (non-hydrogen) atoms. The second-order valence-electron chi connectivity index (χ2n) is 5.64. The maximum Gasteiger partial charge on any atom is 0.360 e. The Morgan fingerprint density at radius 1 is 1.29 bits per heavy atom. The minimum atomic E-state index is -0.540. The third kappa shape index (κ3) is 3.14. The van der Waals surface area contributed by atoms with E-state index in [0.29, 0.717) is 5.02 Å². The summed E-state index contributed by atoms with van der Waals surface area (Å²) in [6.07, 6.45) is 0. The molecule has 0 bridgehead atoms. The molecule has 112 valence electrons. The molecular formula is C15H16BrClN2O2. The highest BCUT2D eigenvalue weighted by Crippen LogP contribution is 2.34. The normalized spacial score (nSPS) is 11.5. The predicted octanol–water partition coefficient (Wildman–Crippen LogP) is 4.37. The van der Waals surface area contributed by atoms with Crippen LogP contribution in [0.2, 0.25) is 5.02 Å². The standard InChI is InChI=1S/C15H16BrClN2O2/c1-15(2,3)13-11(17)12(14(20)21-4)18-19(13)10-7-5-9(16)6-8-10/h5-8H,1-4H3. The summed E-state index contributed by atoms with van der Waals surface area (Å²) in [5, 5.41) is 4.67. The molecule has 1 aromatic carbocycles. The van der Waals surface area contributed by atoms with E-state index in [4.69, 9.17) is 16.3 Å². The van der Waals surface area contributed by atoms with Crippen molar-refractivity contribution >= 4 is 33.5 Å². The highest BCUT2D eigenvalue weighted by Gasteiger charge is 2.30. The molecule has 1 aromatic heterocycles. The van der Waals surface area contributed by atoms with E-state index in [1.807, 2.05) is 45.0 Å². The van der Waals surface area contributed by atoms with Gasteiger partial charge in [0, 0.05) is 9.89 Å². The van der Waals surface area contributed by atoms with E-state index in [-0.39, 0.29) is 11.1 Å². The smallest absolute Gasteiger partial charge is 0.360 e. The highest BCUT2D eigenvalue weighted by molar-refractivity contribution is 9.10. The zero-order valence-electron chi connectivity index (χ0n) is 12.3. The van der Waals surface area contributed by atoms with Crippen molar-refractivity contribution in [2.24, 2.45) is 0 Å². The Morgan fingerprint density at radius 3 is 2.33 bits per heavy atom. The molecule has 0 N–H and O–H groups in total. The van der Waals surface area contributed by atoms with Gasteiger partial charge < -0.3 is 4.74 Å². The Balaban J connectivity index is 2.69. The molecule has 0 saturated carbocycles. The molecule has 0 unspecified atom stereocenters. The van der Waals surface area contributed by atoms with Crippen LogP contribution in [0.4, 0.5) is 0 Å². The van der Waals surface area contributed by atoms with Crippen LogP contribution in [0.25, 0.3) is 5.69 Å². The van der Waals surface area contributed by atoms with Crippen LogP contribution < -0.4 is 0 Å². The van der Waals surface area contributed by atoms with Crippen LogP contribution in [-0.2, 0) is 10.2 Å². The second-order valence-corrected chi connectivity index (χ2v) is 6.93. The number of rotatable bonds is 2. The molecule has 4 nitrogen and oxygen atoms in total. The lowest BCUT2D eigenvalue weighted by molar-refractivity contribution is 0.0593. The molecule has 2 aromatic rings. The number of hydrogen-bond acceptors (Lipinski definition) is 3. The summed E-state index contributed by atoms with van der Waals surface area (Å²) < 4.78 is 7.41. The van der Waals surface area contributed by atoms with Crippen molar-refractivity contribution in [1.29, 1.82) is 0 Å². The van der Waals surface area contributed by atoms with Crippen LogP contribution in [0.15, 0.2) is 28.7 Å². The molecule has 0 spiro atoms. The minimum absolute atomic E-state index is 0.131. The zero-order valence-corrected chi connectivity index (χ0v) is 14.6. The predicted molar refractivity (Wildman–Crippen MR) is 86.3 cm³/mol. The fourth-order valence-electron chi connectivity index (χ4n) is 2.04. The van der Waals surface area contributed by atoms with Gasteiger partial charge in [0.1, 0.15) is 0 Å². The van der Waals surface area contributed by atoms with E-state index in [2.05, 4.69) is 21.0 Å². The average Bonchev–Trinajstić information content (AvgIpc) is 2.76. The molecule has 0 aliphatic heterocycles. The molecule has 0 amide bonds. The van der Waals surface area contributed by atoms with E-state index in [1.54, 1.807) is 4.68 Å². The maximum absolute atomic E-state index is 11.8. The van der Waals surface area contributed by atoms with Crippen molar-refractivity contribution in [2.75, 3.05) is 7.11 Å². The molecule has 0 fully saturated rings. The third-order valence-electron chi connectivity index (χ3n) is 2.99. The topological polar surface area (TPSA) is 44.1 Å². The third-order valence-corrected chi connectivity index (χ3v) is 3.87. The van der Waals surface area contributed by atoms with Crippen LogP contribution in [0.3, 0.4) is 0 Å². The molecule has 0 saturated heterocycles. The molecule has 0 atom stereocenters. The number of carbonyl (C=O) groups is 1. The molecular weight excluding hydrogens is 356 g/mol. The van der Waals surface area contributed by atoms with Gasteiger partial charge in [0.05, 0.1) is 23.5 Å². The van der Waals surface area contributed by atoms with Gasteiger partial charge in [0.25, 0.3) is 0 Å². The summed E-state index contributed by atoms with van der Waals surface area (Å²) >= 11 is 9.78. The summed E-state index contributed by atoms with van der Waals surface area (Å²) in [6, 6.07) is 7.64. The van der Waals surface area contributed by atoms with Gasteiger partial charge in [0.2, 0.25) is 0 Å². The number of benzene rings is 1. The second kappa shape index (κ2) is 5.81. The van der Waals surface area contributed by atoms with Crippen molar-refractivity contribution in [3.8, 4) is 5.69 Å². The number of aromatic nitrogens is 2. The fraction of sp³-hybridized carbons (Fsp3) is 0.333. The number of methoxy groups -OCH3 is 1. The average molecular weight is 372 g/mol. The molecule has 0 aliphatic rings. The van der Waals surface area contributed by atoms with E-state index in [9.17, 15) is 4.79 Å². The van der Waals surface area contributed by atoms with Crippen molar-refractivity contribution in [3.05, 3.63) is 45.1 Å². The molecule has 1 heterocycles. The number of carbonyl (C=O) groups excluding carboxylic acids is 1. The Morgan fingerprint density at radius 2 is 1.86 bits per heavy atom. The van der Waals surface area contributed by atoms with Crippen LogP contribution in [0.1, 0.15) is 37.0 Å². The van der Waals surface area contributed by atoms with Gasteiger partial charge in [-0.2, -0.15) is 5.10 Å². The Bertz CT molecular complexity index is 672. The van der Waals surface area contributed by atoms with Gasteiger partial charge in [-0.1, -0.05) is 48.3 Å². The van der Waals surface area contributed by atoms with Gasteiger partial charge in [-0.15, -0.1) is 0 Å². The van der Waals surface area contributed by atoms with E-state index < -0.39 is 5.97 Å². The summed E-state index contributed by atoms with van der Waals surface area (Å²) in [5.41, 5.74) is 1.46. The number of nitrogens with zero attached hydrogens (tertiary/aromatic N) is 2. The van der Waals surface area contributed by atoms with Crippen molar-refractivity contribution < 1.29 is 9.53 Å². The first kappa shape index (κ1) is 16.0. The zero-order chi connectivity index (χ0) is 15.8. The number of esters is 1. The number of hydrogen-bond donors (Lipinski definition) is 0. The molecule has 0 radical (unpaired) electrons. The molecule has 0 aliphatic carbocycles. The summed E-state index contributed by atoms with van der Waals surface area (Å²) in [4.78, 5) is 11.8. The van der Waals surface area contributed by atoms with Crippen molar-refractivity contribution in [3.63, 3.8) is 0 Å². The van der Waals surface area contributed by atoms with Gasteiger partial charge in [-0.25, -0.2) is 9.48 Å². The van der Waals surface area contributed by atoms with Crippen LogP contribution in [0.5, 0.6) is 0 Å². The summed E-state index contributed by atoms with van der Waals surface area (Å²) in [7, 11) is 1.31. The SMILES string of the molecule is COC(=O)c1nn(-c2ccc(Br)cc2)c(C(C)(C)C)c1Cl. The summed E-state index contributed by atoms with van der Waals surface area (Å²) in [5.74, 6) is -0.540. The van der Waals surface area contributed by atoms with E-state index in [1.165, 1.54) is 7.11 Å². The van der Waals surface area contributed by atoms with Crippen molar-refractivity contribution in [2.45, 2.75) is 26.2 Å². The number of ether oxygens (including phenoxy) is 1. The van der Waals surface area contributed by atoms with Gasteiger partial charge in [-0.3, -0.25) is 0 Å². The van der Waals surface area contributed by atoms with Crippen molar-refractivity contribution in [1.82, 2.24) is 9.78 Å². The lowest BCUT2D eigenvalue weighted by Crippen LogP contribution is -2.18. The highest BCUT2D eigenvalue weighted by atomic mass is 79.9. The lowest BCUT2D eigenvalue weighted by Gasteiger charge is -2.21. The van der Waals surface area contributed by atoms with Crippen LogP contribution >= 0.6 is 27.5 Å². The largest absolute Gasteiger partial charge is 0.464 e. The molecule has 6 heteroatoms. The lowest BCUT2D eigenvalue weighted by atomic mass is 9.91. The first-order valence-electron chi connectivity index (χ1n) is 6.39. The Hall–Kier alpha value is -1.33. The van der Waals surface area contributed by atoms with Gasteiger partial charge in [0.15, 0.2) is 5.69 Å². The quantitative estimate of drug-likeness (QED) is 0.736. The Kier molecular flexibility index (Phi) is 4.44. The van der Waals surface area contributed by atoms with E-state index >= 15 is 0 Å². The summed E-state index contributed by atoms with van der Waals surface area (Å²) in [6.45, 7) is 6.06. The molecule has 2 rings (SSSR count). The van der Waals surface area contributed by atoms with Crippen LogP contribution in [-0.4, -0.2) is 22.9 Å². The first-order chi connectivity index (χ1) is 9.75. The minimum Gasteiger partial charge on any atom is -0.464 e. The monoisotopic (exact) mass is 370 g/mol. The van der Waals surface area contributed by atoms with Gasteiger partial charge >= 0.3 is 5.97 Å². The maximum atomic E-state index is 11.8. The van der Waals surface area contributed by atoms with Gasteiger partial charge in [-0.05, 0) is 24.3 Å². The fourth-order valence-corrected chi connectivity index (χ4v) is 2.79. The van der Waals surface area contributed by atoms with E-state index in [0.717, 1.165) is 15.9 Å². The Labute approximate surface area is 137 Å². The number of halogens is 2. The van der Waals surface area contributed by atoms with Crippen LogP contribution in [0, 0.1) is 0 Å². The first-order valence-corrected chi connectivity index (χ1v) is 7.56.